The summed E-state index contributed by atoms with van der Waals surface area (Å²) in [6.45, 7) is 2.74. The molecule has 0 aromatic carbocycles. The van der Waals surface area contributed by atoms with Crippen molar-refractivity contribution in [3.8, 4) is 0 Å². The standard InChI is InChI=1S/C14H16N4O3/c1-2-21-14(20)11-8-16-18-4-3-10(17-13(11)18)5-9-6-12(19)15-7-9/h3-4,8-9H,2,5-7H2,1H3,(H,15,19). The average molecular weight is 288 g/mol. The summed E-state index contributed by atoms with van der Waals surface area (Å²) in [4.78, 5) is 27.6. The van der Waals surface area contributed by atoms with Crippen molar-refractivity contribution in [1.29, 1.82) is 0 Å². The maximum atomic E-state index is 11.8. The molecule has 7 nitrogen and oxygen atoms in total. The van der Waals surface area contributed by atoms with Gasteiger partial charge in [-0.2, -0.15) is 5.10 Å². The second kappa shape index (κ2) is 5.51. The maximum absolute atomic E-state index is 11.8. The van der Waals surface area contributed by atoms with Crippen LogP contribution in [-0.4, -0.2) is 39.6 Å². The van der Waals surface area contributed by atoms with E-state index in [1.165, 1.54) is 6.20 Å². The molecule has 0 spiro atoms. The highest BCUT2D eigenvalue weighted by atomic mass is 16.5. The zero-order valence-electron chi connectivity index (χ0n) is 11.7. The first-order valence-electron chi connectivity index (χ1n) is 6.94. The van der Waals surface area contributed by atoms with E-state index >= 15 is 0 Å². The molecule has 1 N–H and O–H groups in total. The summed E-state index contributed by atoms with van der Waals surface area (Å²) < 4.78 is 6.54. The number of carbonyl (C=O) groups excluding carboxylic acids is 2. The molecule has 1 fully saturated rings. The molecule has 1 aliphatic heterocycles. The van der Waals surface area contributed by atoms with Gasteiger partial charge in [0.25, 0.3) is 0 Å². The van der Waals surface area contributed by atoms with Crippen molar-refractivity contribution in [2.24, 2.45) is 5.92 Å². The predicted molar refractivity (Wildman–Crippen MR) is 73.8 cm³/mol. The first kappa shape index (κ1) is 13.5. The van der Waals surface area contributed by atoms with Gasteiger partial charge in [-0.3, -0.25) is 4.79 Å². The third kappa shape index (κ3) is 2.72. The molecule has 7 heteroatoms. The van der Waals surface area contributed by atoms with Crippen molar-refractivity contribution in [2.75, 3.05) is 13.2 Å². The van der Waals surface area contributed by atoms with Crippen LogP contribution < -0.4 is 5.32 Å². The highest BCUT2D eigenvalue weighted by Gasteiger charge is 2.22. The van der Waals surface area contributed by atoms with Gasteiger partial charge in [-0.1, -0.05) is 0 Å². The lowest BCUT2D eigenvalue weighted by molar-refractivity contribution is -0.119. The topological polar surface area (TPSA) is 85.6 Å². The van der Waals surface area contributed by atoms with Gasteiger partial charge in [0.1, 0.15) is 5.56 Å². The summed E-state index contributed by atoms with van der Waals surface area (Å²) in [7, 11) is 0. The van der Waals surface area contributed by atoms with Crippen molar-refractivity contribution in [1.82, 2.24) is 19.9 Å². The van der Waals surface area contributed by atoms with Gasteiger partial charge in [0, 0.05) is 24.9 Å². The Balaban J connectivity index is 1.86. The summed E-state index contributed by atoms with van der Waals surface area (Å²) in [5.74, 6) is -0.0890. The van der Waals surface area contributed by atoms with Crippen LogP contribution in [0.3, 0.4) is 0 Å². The van der Waals surface area contributed by atoms with Crippen LogP contribution in [0.25, 0.3) is 5.65 Å². The number of aromatic nitrogens is 3. The fraction of sp³-hybridized carbons (Fsp3) is 0.429. The smallest absolute Gasteiger partial charge is 0.343 e. The lowest BCUT2D eigenvalue weighted by Gasteiger charge is -2.07. The molecular weight excluding hydrogens is 272 g/mol. The normalized spacial score (nSPS) is 18.0. The number of nitrogens with zero attached hydrogens (tertiary/aromatic N) is 3. The molecule has 0 saturated carbocycles. The van der Waals surface area contributed by atoms with E-state index in [-0.39, 0.29) is 11.8 Å². The van der Waals surface area contributed by atoms with Gasteiger partial charge in [-0.15, -0.1) is 0 Å². The largest absolute Gasteiger partial charge is 0.462 e. The fourth-order valence-corrected chi connectivity index (χ4v) is 2.48. The first-order valence-corrected chi connectivity index (χ1v) is 6.94. The molecule has 2 aromatic heterocycles. The Morgan fingerprint density at radius 2 is 2.43 bits per heavy atom. The highest BCUT2D eigenvalue weighted by Crippen LogP contribution is 2.16. The van der Waals surface area contributed by atoms with Gasteiger partial charge in [0.2, 0.25) is 5.91 Å². The second-order valence-electron chi connectivity index (χ2n) is 5.04. The highest BCUT2D eigenvalue weighted by molar-refractivity contribution is 5.95. The Kier molecular flexibility index (Phi) is 3.55. The molecule has 3 heterocycles. The summed E-state index contributed by atoms with van der Waals surface area (Å²) >= 11 is 0. The molecular formula is C14H16N4O3. The number of rotatable bonds is 4. The number of fused-ring (bicyclic) bond motifs is 1. The van der Waals surface area contributed by atoms with E-state index in [2.05, 4.69) is 15.4 Å². The van der Waals surface area contributed by atoms with E-state index < -0.39 is 5.97 Å². The van der Waals surface area contributed by atoms with Crippen LogP contribution in [0.5, 0.6) is 0 Å². The molecule has 0 bridgehead atoms. The average Bonchev–Trinajstić information content (AvgIpc) is 3.05. The number of amides is 1. The number of ether oxygens (including phenoxy) is 1. The molecule has 110 valence electrons. The maximum Gasteiger partial charge on any atom is 0.343 e. The molecule has 0 aliphatic carbocycles. The SMILES string of the molecule is CCOC(=O)c1cnn2ccc(CC3CNC(=O)C3)nc12. The molecule has 1 saturated heterocycles. The van der Waals surface area contributed by atoms with Crippen molar-refractivity contribution in [3.63, 3.8) is 0 Å². The van der Waals surface area contributed by atoms with E-state index in [4.69, 9.17) is 4.74 Å². The number of hydrogen-bond acceptors (Lipinski definition) is 5. The molecule has 1 aliphatic rings. The monoisotopic (exact) mass is 288 g/mol. The Bertz CT molecular complexity index is 695. The summed E-state index contributed by atoms with van der Waals surface area (Å²) in [6.07, 6.45) is 4.45. The van der Waals surface area contributed by atoms with Gasteiger partial charge in [-0.05, 0) is 25.3 Å². The predicted octanol–water partition coefficient (Wildman–Crippen LogP) is 0.585. The van der Waals surface area contributed by atoms with Crippen LogP contribution in [0, 0.1) is 5.92 Å². The van der Waals surface area contributed by atoms with E-state index in [1.807, 2.05) is 6.07 Å². The van der Waals surface area contributed by atoms with Crippen LogP contribution in [0.4, 0.5) is 0 Å². The Labute approximate surface area is 121 Å². The van der Waals surface area contributed by atoms with Gasteiger partial charge >= 0.3 is 5.97 Å². The third-order valence-corrected chi connectivity index (χ3v) is 3.48. The third-order valence-electron chi connectivity index (χ3n) is 3.48. The first-order chi connectivity index (χ1) is 10.2. The zero-order valence-corrected chi connectivity index (χ0v) is 11.7. The van der Waals surface area contributed by atoms with Crippen LogP contribution in [0.2, 0.25) is 0 Å². The summed E-state index contributed by atoms with van der Waals surface area (Å²) in [6, 6.07) is 1.86. The van der Waals surface area contributed by atoms with Crippen molar-refractivity contribution in [2.45, 2.75) is 19.8 Å². The second-order valence-corrected chi connectivity index (χ2v) is 5.04. The minimum absolute atomic E-state index is 0.0812. The lowest BCUT2D eigenvalue weighted by atomic mass is 10.0. The Morgan fingerprint density at radius 3 is 3.14 bits per heavy atom. The minimum Gasteiger partial charge on any atom is -0.462 e. The van der Waals surface area contributed by atoms with E-state index in [0.29, 0.717) is 37.2 Å². The molecule has 1 atom stereocenters. The minimum atomic E-state index is -0.421. The zero-order chi connectivity index (χ0) is 14.8. The molecule has 21 heavy (non-hydrogen) atoms. The van der Waals surface area contributed by atoms with Crippen molar-refractivity contribution >= 4 is 17.5 Å². The molecule has 0 radical (unpaired) electrons. The number of esters is 1. The summed E-state index contributed by atoms with van der Waals surface area (Å²) in [5.41, 5.74) is 1.69. The number of carbonyl (C=O) groups is 2. The Hall–Kier alpha value is -2.44. The van der Waals surface area contributed by atoms with Crippen LogP contribution in [0.1, 0.15) is 29.4 Å². The molecule has 1 amide bonds. The van der Waals surface area contributed by atoms with Crippen LogP contribution in [0.15, 0.2) is 18.5 Å². The van der Waals surface area contributed by atoms with Crippen molar-refractivity contribution < 1.29 is 14.3 Å². The van der Waals surface area contributed by atoms with Gasteiger partial charge < -0.3 is 10.1 Å². The van der Waals surface area contributed by atoms with E-state index in [1.54, 1.807) is 17.6 Å². The number of hydrogen-bond donors (Lipinski definition) is 1. The summed E-state index contributed by atoms with van der Waals surface area (Å²) in [5, 5.41) is 6.90. The Morgan fingerprint density at radius 1 is 1.57 bits per heavy atom. The number of nitrogens with one attached hydrogen (secondary N) is 1. The van der Waals surface area contributed by atoms with Gasteiger partial charge in [0.05, 0.1) is 12.8 Å². The lowest BCUT2D eigenvalue weighted by Crippen LogP contribution is -2.14. The fourth-order valence-electron chi connectivity index (χ4n) is 2.48. The van der Waals surface area contributed by atoms with Crippen molar-refractivity contribution in [3.05, 3.63) is 29.7 Å². The van der Waals surface area contributed by atoms with Crippen LogP contribution in [-0.2, 0) is 16.0 Å². The van der Waals surface area contributed by atoms with E-state index in [0.717, 1.165) is 5.69 Å². The quantitative estimate of drug-likeness (QED) is 0.832. The van der Waals surface area contributed by atoms with Crippen LogP contribution >= 0.6 is 0 Å². The molecule has 2 aromatic rings. The molecule has 3 rings (SSSR count). The van der Waals surface area contributed by atoms with Gasteiger partial charge in [0.15, 0.2) is 5.65 Å². The van der Waals surface area contributed by atoms with E-state index in [9.17, 15) is 9.59 Å². The van der Waals surface area contributed by atoms with Gasteiger partial charge in [-0.25, -0.2) is 14.3 Å². The molecule has 1 unspecified atom stereocenters.